The van der Waals surface area contributed by atoms with Crippen molar-refractivity contribution in [3.63, 3.8) is 0 Å². The van der Waals surface area contributed by atoms with Gasteiger partial charge in [-0.15, -0.1) is 0 Å². The smallest absolute Gasteiger partial charge is 0.269 e. The summed E-state index contributed by atoms with van der Waals surface area (Å²) in [6, 6.07) is 0. The topological polar surface area (TPSA) is 69.4 Å². The fraction of sp³-hybridized carbons (Fsp3) is 1.00. The van der Waals surface area contributed by atoms with E-state index in [0.29, 0.717) is 6.42 Å². The quantitative estimate of drug-likeness (QED) is 0.270. The first kappa shape index (κ1) is 23.9. The van der Waals surface area contributed by atoms with E-state index in [9.17, 15) is 8.42 Å². The van der Waals surface area contributed by atoms with Crippen molar-refractivity contribution in [1.29, 1.82) is 0 Å². The zero-order chi connectivity index (χ0) is 18.1. The summed E-state index contributed by atoms with van der Waals surface area (Å²) >= 11 is 0. The molecular formula is C19H41NO3S. The molecule has 0 saturated carbocycles. The molecule has 0 heterocycles. The highest BCUT2D eigenvalue weighted by molar-refractivity contribution is 7.87. The minimum absolute atomic E-state index is 0.0886. The number of nitrogens with two attached hydrogens (primary N) is 1. The average molecular weight is 364 g/mol. The highest BCUT2D eigenvalue weighted by atomic mass is 32.2. The lowest BCUT2D eigenvalue weighted by Gasteiger charge is -2.12. The first-order valence-electron chi connectivity index (χ1n) is 10.1. The molecule has 1 atom stereocenters. The summed E-state index contributed by atoms with van der Waals surface area (Å²) in [6.45, 7) is 4.32. The van der Waals surface area contributed by atoms with Crippen LogP contribution in [0.3, 0.4) is 0 Å². The predicted octanol–water partition coefficient (Wildman–Crippen LogP) is 5.16. The lowest BCUT2D eigenvalue weighted by molar-refractivity contribution is 0.320. The van der Waals surface area contributed by atoms with Crippen LogP contribution in [0.2, 0.25) is 0 Å². The molecule has 0 saturated heterocycles. The predicted molar refractivity (Wildman–Crippen MR) is 104 cm³/mol. The minimum Gasteiger partial charge on any atom is -0.328 e. The molecule has 5 heteroatoms. The minimum atomic E-state index is -3.42. The zero-order valence-corrected chi connectivity index (χ0v) is 16.9. The normalized spacial score (nSPS) is 13.3. The van der Waals surface area contributed by atoms with Gasteiger partial charge in [0, 0.05) is 6.54 Å². The third kappa shape index (κ3) is 14.2. The molecule has 0 bridgehead atoms. The maximum Gasteiger partial charge on any atom is 0.269 e. The summed E-state index contributed by atoms with van der Waals surface area (Å²) in [5.41, 5.74) is 5.27. The maximum absolute atomic E-state index is 11.8. The second-order valence-corrected chi connectivity index (χ2v) is 8.97. The molecule has 0 aromatic rings. The van der Waals surface area contributed by atoms with Gasteiger partial charge in [-0.1, -0.05) is 90.4 Å². The number of hydrogen-bond acceptors (Lipinski definition) is 4. The van der Waals surface area contributed by atoms with Crippen LogP contribution in [0, 0.1) is 0 Å². The van der Waals surface area contributed by atoms with E-state index < -0.39 is 15.4 Å². The molecule has 0 aromatic heterocycles. The molecule has 0 aliphatic carbocycles. The van der Waals surface area contributed by atoms with Crippen molar-refractivity contribution in [3.8, 4) is 0 Å². The highest BCUT2D eigenvalue weighted by Crippen LogP contribution is 2.15. The van der Waals surface area contributed by atoms with Crippen LogP contribution >= 0.6 is 0 Å². The fourth-order valence-electron chi connectivity index (χ4n) is 2.87. The second kappa shape index (κ2) is 16.3. The number of hydrogen-bond donors (Lipinski definition) is 1. The van der Waals surface area contributed by atoms with Gasteiger partial charge in [0.05, 0.1) is 11.9 Å². The first-order chi connectivity index (χ1) is 11.5. The van der Waals surface area contributed by atoms with Gasteiger partial charge in [-0.25, -0.2) is 0 Å². The number of rotatable bonds is 18. The SMILES string of the molecule is CCCCCCCCCCCCCCCC(C)S(=O)(=O)OCCN. The zero-order valence-electron chi connectivity index (χ0n) is 16.1. The van der Waals surface area contributed by atoms with Gasteiger partial charge in [-0.2, -0.15) is 8.42 Å². The fourth-order valence-corrected chi connectivity index (χ4v) is 3.89. The summed E-state index contributed by atoms with van der Waals surface area (Å²) in [5.74, 6) is 0. The Bertz CT molecular complexity index is 358. The van der Waals surface area contributed by atoms with E-state index in [1.165, 1.54) is 70.6 Å². The van der Waals surface area contributed by atoms with E-state index in [1.54, 1.807) is 6.92 Å². The molecule has 0 rings (SSSR count). The lowest BCUT2D eigenvalue weighted by atomic mass is 10.0. The van der Waals surface area contributed by atoms with Gasteiger partial charge >= 0.3 is 0 Å². The van der Waals surface area contributed by atoms with E-state index in [0.717, 1.165) is 12.8 Å². The van der Waals surface area contributed by atoms with Crippen molar-refractivity contribution in [1.82, 2.24) is 0 Å². The summed E-state index contributed by atoms with van der Waals surface area (Å²) in [5, 5.41) is -0.420. The van der Waals surface area contributed by atoms with Crippen molar-refractivity contribution < 1.29 is 12.6 Å². The molecule has 1 unspecified atom stereocenters. The third-order valence-electron chi connectivity index (χ3n) is 4.57. The summed E-state index contributed by atoms with van der Waals surface area (Å²) in [4.78, 5) is 0. The molecule has 0 spiro atoms. The van der Waals surface area contributed by atoms with Gasteiger partial charge in [-0.05, 0) is 13.3 Å². The van der Waals surface area contributed by atoms with Gasteiger partial charge in [0.15, 0.2) is 0 Å². The molecular weight excluding hydrogens is 322 g/mol. The largest absolute Gasteiger partial charge is 0.328 e. The van der Waals surface area contributed by atoms with E-state index in [4.69, 9.17) is 9.92 Å². The van der Waals surface area contributed by atoms with Crippen LogP contribution in [-0.2, 0) is 14.3 Å². The Morgan fingerprint density at radius 3 is 1.62 bits per heavy atom. The van der Waals surface area contributed by atoms with E-state index in [-0.39, 0.29) is 13.2 Å². The van der Waals surface area contributed by atoms with Crippen molar-refractivity contribution in [2.24, 2.45) is 5.73 Å². The lowest BCUT2D eigenvalue weighted by Crippen LogP contribution is -2.23. The Labute approximate surface area is 151 Å². The Morgan fingerprint density at radius 1 is 0.792 bits per heavy atom. The Kier molecular flexibility index (Phi) is 16.3. The van der Waals surface area contributed by atoms with Gasteiger partial charge in [0.1, 0.15) is 0 Å². The van der Waals surface area contributed by atoms with Crippen LogP contribution in [0.25, 0.3) is 0 Å². The van der Waals surface area contributed by atoms with Gasteiger partial charge < -0.3 is 5.73 Å². The van der Waals surface area contributed by atoms with Crippen LogP contribution in [0.5, 0.6) is 0 Å². The van der Waals surface area contributed by atoms with Gasteiger partial charge in [0.2, 0.25) is 0 Å². The maximum atomic E-state index is 11.8. The van der Waals surface area contributed by atoms with Crippen LogP contribution < -0.4 is 5.73 Å². The summed E-state index contributed by atoms with van der Waals surface area (Å²) < 4.78 is 28.4. The van der Waals surface area contributed by atoms with Crippen molar-refractivity contribution in [2.45, 2.75) is 109 Å². The van der Waals surface area contributed by atoms with Gasteiger partial charge in [-0.3, -0.25) is 4.18 Å². The van der Waals surface area contributed by atoms with E-state index in [2.05, 4.69) is 6.92 Å². The molecule has 0 fully saturated rings. The van der Waals surface area contributed by atoms with Crippen molar-refractivity contribution in [3.05, 3.63) is 0 Å². The molecule has 4 nitrogen and oxygen atoms in total. The molecule has 0 aromatic carbocycles. The standard InChI is InChI=1S/C19H41NO3S/c1-3-4-5-6-7-8-9-10-11-12-13-14-15-16-19(2)24(21,22)23-18-17-20/h19H,3-18,20H2,1-2H3. The molecule has 24 heavy (non-hydrogen) atoms. The van der Waals surface area contributed by atoms with Crippen LogP contribution in [-0.4, -0.2) is 26.8 Å². The summed E-state index contributed by atoms with van der Waals surface area (Å²) in [6.07, 6.45) is 17.6. The number of unbranched alkanes of at least 4 members (excludes halogenated alkanes) is 12. The van der Waals surface area contributed by atoms with Gasteiger partial charge in [0.25, 0.3) is 10.1 Å². The highest BCUT2D eigenvalue weighted by Gasteiger charge is 2.20. The van der Waals surface area contributed by atoms with Crippen LogP contribution in [0.4, 0.5) is 0 Å². The van der Waals surface area contributed by atoms with Crippen LogP contribution in [0.1, 0.15) is 104 Å². The molecule has 146 valence electrons. The Balaban J connectivity index is 3.36. The molecule has 0 aliphatic heterocycles. The second-order valence-electron chi connectivity index (χ2n) is 6.95. The van der Waals surface area contributed by atoms with E-state index >= 15 is 0 Å². The average Bonchev–Trinajstić information content (AvgIpc) is 2.57. The Morgan fingerprint density at radius 2 is 1.21 bits per heavy atom. The summed E-state index contributed by atoms with van der Waals surface area (Å²) in [7, 11) is -3.42. The Hall–Kier alpha value is -0.130. The molecule has 0 aliphatic rings. The third-order valence-corrected chi connectivity index (χ3v) is 6.29. The van der Waals surface area contributed by atoms with Crippen LogP contribution in [0.15, 0.2) is 0 Å². The molecule has 0 amide bonds. The molecule has 0 radical (unpaired) electrons. The first-order valence-corrected chi connectivity index (χ1v) is 11.6. The monoisotopic (exact) mass is 363 g/mol. The molecule has 2 N–H and O–H groups in total. The van der Waals surface area contributed by atoms with Crippen molar-refractivity contribution in [2.75, 3.05) is 13.2 Å². The van der Waals surface area contributed by atoms with E-state index in [1.807, 2.05) is 0 Å². The van der Waals surface area contributed by atoms with Crippen molar-refractivity contribution >= 4 is 10.1 Å².